The molecular formula is C13H15BrN2O3. The van der Waals surface area contributed by atoms with Crippen LogP contribution in [-0.2, 0) is 4.79 Å². The van der Waals surface area contributed by atoms with E-state index < -0.39 is 17.3 Å². The SMILES string of the molecule is NC(=O)c1ccc(Br)cc1NCC1(C(=O)O)CCC1. The highest BCUT2D eigenvalue weighted by molar-refractivity contribution is 9.10. The van der Waals surface area contributed by atoms with Gasteiger partial charge in [-0.1, -0.05) is 22.4 Å². The van der Waals surface area contributed by atoms with Crippen LogP contribution in [0.1, 0.15) is 29.6 Å². The standard InChI is InChI=1S/C13H15BrN2O3/c14-8-2-3-9(11(15)17)10(6-8)16-7-13(12(18)19)4-1-5-13/h2-3,6,16H,1,4-5,7H2,(H2,15,17)(H,18,19). The summed E-state index contributed by atoms with van der Waals surface area (Å²) in [5.41, 5.74) is 5.52. The molecule has 2 rings (SSSR count). The number of hydrogen-bond donors (Lipinski definition) is 3. The molecule has 1 aromatic rings. The lowest BCUT2D eigenvalue weighted by Gasteiger charge is -2.38. The van der Waals surface area contributed by atoms with Crippen LogP contribution in [0, 0.1) is 5.41 Å². The maximum Gasteiger partial charge on any atom is 0.311 e. The van der Waals surface area contributed by atoms with Gasteiger partial charge in [0.2, 0.25) is 0 Å². The van der Waals surface area contributed by atoms with E-state index in [9.17, 15) is 14.7 Å². The number of nitrogens with one attached hydrogen (secondary N) is 1. The Morgan fingerprint density at radius 2 is 2.11 bits per heavy atom. The van der Waals surface area contributed by atoms with Crippen molar-refractivity contribution in [2.24, 2.45) is 11.1 Å². The maximum atomic E-state index is 11.3. The Morgan fingerprint density at radius 1 is 1.42 bits per heavy atom. The zero-order chi connectivity index (χ0) is 14.0. The van der Waals surface area contributed by atoms with Gasteiger partial charge in [0.15, 0.2) is 0 Å². The molecule has 1 aromatic carbocycles. The molecule has 1 fully saturated rings. The summed E-state index contributed by atoms with van der Waals surface area (Å²) in [5, 5.41) is 12.3. The van der Waals surface area contributed by atoms with E-state index in [0.29, 0.717) is 30.6 Å². The van der Waals surface area contributed by atoms with Gasteiger partial charge in [-0.25, -0.2) is 0 Å². The van der Waals surface area contributed by atoms with Gasteiger partial charge in [-0.05, 0) is 31.0 Å². The summed E-state index contributed by atoms with van der Waals surface area (Å²) < 4.78 is 0.804. The van der Waals surface area contributed by atoms with Crippen LogP contribution in [0.4, 0.5) is 5.69 Å². The van der Waals surface area contributed by atoms with Crippen LogP contribution in [0.3, 0.4) is 0 Å². The van der Waals surface area contributed by atoms with Gasteiger partial charge in [0, 0.05) is 16.7 Å². The number of primary amides is 1. The van der Waals surface area contributed by atoms with Crippen molar-refractivity contribution in [1.29, 1.82) is 0 Å². The summed E-state index contributed by atoms with van der Waals surface area (Å²) in [6, 6.07) is 5.07. The Morgan fingerprint density at radius 3 is 2.58 bits per heavy atom. The third-order valence-corrected chi connectivity index (χ3v) is 4.12. The van der Waals surface area contributed by atoms with Crippen molar-refractivity contribution < 1.29 is 14.7 Å². The van der Waals surface area contributed by atoms with E-state index in [-0.39, 0.29) is 0 Å². The van der Waals surface area contributed by atoms with Crippen LogP contribution in [0.2, 0.25) is 0 Å². The van der Waals surface area contributed by atoms with Crippen LogP contribution in [-0.4, -0.2) is 23.5 Å². The number of nitrogens with two attached hydrogens (primary N) is 1. The molecule has 0 heterocycles. The van der Waals surface area contributed by atoms with E-state index in [2.05, 4.69) is 21.2 Å². The zero-order valence-electron chi connectivity index (χ0n) is 10.3. The fourth-order valence-corrected chi connectivity index (χ4v) is 2.57. The monoisotopic (exact) mass is 326 g/mol. The molecule has 102 valence electrons. The van der Waals surface area contributed by atoms with Crippen molar-refractivity contribution in [1.82, 2.24) is 0 Å². The average Bonchev–Trinajstić information content (AvgIpc) is 2.26. The number of rotatable bonds is 5. The second-order valence-electron chi connectivity index (χ2n) is 4.85. The summed E-state index contributed by atoms with van der Waals surface area (Å²) >= 11 is 3.32. The summed E-state index contributed by atoms with van der Waals surface area (Å²) in [7, 11) is 0. The number of benzene rings is 1. The number of carboxylic acid groups (broad SMARTS) is 1. The molecule has 0 aromatic heterocycles. The summed E-state index contributed by atoms with van der Waals surface area (Å²) in [6.45, 7) is 0.305. The number of carbonyl (C=O) groups excluding carboxylic acids is 1. The highest BCUT2D eigenvalue weighted by Gasteiger charge is 2.44. The fraction of sp³-hybridized carbons (Fsp3) is 0.385. The number of amides is 1. The summed E-state index contributed by atoms with van der Waals surface area (Å²) in [4.78, 5) is 22.6. The van der Waals surface area contributed by atoms with Crippen molar-refractivity contribution in [3.05, 3.63) is 28.2 Å². The molecule has 0 saturated heterocycles. The minimum Gasteiger partial charge on any atom is -0.481 e. The Hall–Kier alpha value is -1.56. The first-order valence-corrected chi connectivity index (χ1v) is 6.80. The minimum absolute atomic E-state index is 0.305. The first kappa shape index (κ1) is 13.9. The second-order valence-corrected chi connectivity index (χ2v) is 5.76. The molecule has 0 radical (unpaired) electrons. The summed E-state index contributed by atoms with van der Waals surface area (Å²) in [5.74, 6) is -1.32. The van der Waals surface area contributed by atoms with Crippen LogP contribution in [0.5, 0.6) is 0 Å². The smallest absolute Gasteiger partial charge is 0.311 e. The van der Waals surface area contributed by atoms with Gasteiger partial charge < -0.3 is 16.2 Å². The molecule has 1 aliphatic rings. The molecule has 0 atom stereocenters. The van der Waals surface area contributed by atoms with Gasteiger partial charge in [0.05, 0.1) is 11.0 Å². The minimum atomic E-state index is -0.790. The third-order valence-electron chi connectivity index (χ3n) is 3.63. The maximum absolute atomic E-state index is 11.3. The van der Waals surface area contributed by atoms with Crippen molar-refractivity contribution in [2.75, 3.05) is 11.9 Å². The van der Waals surface area contributed by atoms with Crippen LogP contribution < -0.4 is 11.1 Å². The molecule has 4 N–H and O–H groups in total. The van der Waals surface area contributed by atoms with Gasteiger partial charge in [-0.15, -0.1) is 0 Å². The zero-order valence-corrected chi connectivity index (χ0v) is 11.9. The van der Waals surface area contributed by atoms with Gasteiger partial charge in [-0.2, -0.15) is 0 Å². The number of carboxylic acids is 1. The number of halogens is 1. The predicted octanol–water partition coefficient (Wildman–Crippen LogP) is 2.21. The van der Waals surface area contributed by atoms with Crippen LogP contribution >= 0.6 is 15.9 Å². The first-order valence-electron chi connectivity index (χ1n) is 6.01. The average molecular weight is 327 g/mol. The van der Waals surface area contributed by atoms with Gasteiger partial charge in [0.1, 0.15) is 0 Å². The highest BCUT2D eigenvalue weighted by Crippen LogP contribution is 2.41. The van der Waals surface area contributed by atoms with E-state index in [4.69, 9.17) is 5.73 Å². The molecule has 1 saturated carbocycles. The van der Waals surface area contributed by atoms with E-state index in [0.717, 1.165) is 10.9 Å². The molecule has 19 heavy (non-hydrogen) atoms. The Labute approximate surface area is 119 Å². The fourth-order valence-electron chi connectivity index (χ4n) is 2.21. The van der Waals surface area contributed by atoms with E-state index in [1.54, 1.807) is 18.2 Å². The van der Waals surface area contributed by atoms with Crippen molar-refractivity contribution in [2.45, 2.75) is 19.3 Å². The summed E-state index contributed by atoms with van der Waals surface area (Å²) in [6.07, 6.45) is 2.25. The van der Waals surface area contributed by atoms with Gasteiger partial charge >= 0.3 is 5.97 Å². The molecule has 1 amide bonds. The Balaban J connectivity index is 2.17. The third kappa shape index (κ3) is 2.73. The molecule has 6 heteroatoms. The van der Waals surface area contributed by atoms with Gasteiger partial charge in [0.25, 0.3) is 5.91 Å². The largest absolute Gasteiger partial charge is 0.481 e. The molecule has 0 bridgehead atoms. The van der Waals surface area contributed by atoms with E-state index in [1.807, 2.05) is 0 Å². The lowest BCUT2D eigenvalue weighted by atomic mass is 9.69. The number of anilines is 1. The van der Waals surface area contributed by atoms with Crippen LogP contribution in [0.25, 0.3) is 0 Å². The Kier molecular flexibility index (Phi) is 3.80. The molecule has 1 aliphatic carbocycles. The second kappa shape index (κ2) is 5.21. The van der Waals surface area contributed by atoms with E-state index in [1.165, 1.54) is 0 Å². The number of carbonyl (C=O) groups is 2. The highest BCUT2D eigenvalue weighted by atomic mass is 79.9. The molecule has 5 nitrogen and oxygen atoms in total. The lowest BCUT2D eigenvalue weighted by Crippen LogP contribution is -2.43. The number of hydrogen-bond acceptors (Lipinski definition) is 3. The lowest BCUT2D eigenvalue weighted by molar-refractivity contribution is -0.153. The van der Waals surface area contributed by atoms with Crippen molar-refractivity contribution in [3.8, 4) is 0 Å². The van der Waals surface area contributed by atoms with Crippen molar-refractivity contribution in [3.63, 3.8) is 0 Å². The topological polar surface area (TPSA) is 92.4 Å². The molecular weight excluding hydrogens is 312 g/mol. The quantitative estimate of drug-likeness (QED) is 0.773. The normalized spacial score (nSPS) is 16.5. The molecule has 0 aliphatic heterocycles. The first-order chi connectivity index (χ1) is 8.94. The molecule has 0 unspecified atom stereocenters. The Bertz CT molecular complexity index is 527. The van der Waals surface area contributed by atoms with Crippen LogP contribution in [0.15, 0.2) is 22.7 Å². The predicted molar refractivity (Wildman–Crippen MR) is 75.1 cm³/mol. The van der Waals surface area contributed by atoms with Crippen molar-refractivity contribution >= 4 is 33.5 Å². The molecule has 0 spiro atoms. The van der Waals surface area contributed by atoms with Gasteiger partial charge in [-0.3, -0.25) is 9.59 Å². The van der Waals surface area contributed by atoms with E-state index >= 15 is 0 Å². The number of aliphatic carboxylic acids is 1.